The Morgan fingerprint density at radius 2 is 1.96 bits per heavy atom. The lowest BCUT2D eigenvalue weighted by molar-refractivity contribution is 0.202. The average molecular weight is 320 g/mol. The Balaban J connectivity index is 1.76. The lowest BCUT2D eigenvalue weighted by Gasteiger charge is -2.13. The van der Waals surface area contributed by atoms with Gasteiger partial charge < -0.3 is 9.84 Å². The molecular weight excluding hydrogens is 300 g/mol. The van der Waals surface area contributed by atoms with Gasteiger partial charge in [-0.25, -0.2) is 4.98 Å². The molecule has 0 saturated carbocycles. The quantitative estimate of drug-likeness (QED) is 0.784. The van der Waals surface area contributed by atoms with Gasteiger partial charge in [-0.1, -0.05) is 18.2 Å². The molecule has 0 aliphatic heterocycles. The van der Waals surface area contributed by atoms with Gasteiger partial charge in [-0.15, -0.1) is 0 Å². The largest absolute Gasteiger partial charge is 0.490 e. The van der Waals surface area contributed by atoms with E-state index in [0.29, 0.717) is 0 Å². The highest BCUT2D eigenvalue weighted by molar-refractivity contribution is 5.66. The number of aliphatic hydroxyl groups excluding tert-OH is 1. The summed E-state index contributed by atoms with van der Waals surface area (Å²) in [5.41, 5.74) is 4.96. The number of nitrogens with zero attached hydrogens (tertiary/aromatic N) is 2. The van der Waals surface area contributed by atoms with Gasteiger partial charge >= 0.3 is 0 Å². The summed E-state index contributed by atoms with van der Waals surface area (Å²) in [6.45, 7) is 0.268. The second-order valence-corrected chi connectivity index (χ2v) is 6.00. The van der Waals surface area contributed by atoms with E-state index >= 15 is 0 Å². The Kier molecular flexibility index (Phi) is 4.05. The van der Waals surface area contributed by atoms with Crippen molar-refractivity contribution in [2.75, 3.05) is 13.2 Å². The highest BCUT2D eigenvalue weighted by Gasteiger charge is 2.15. The molecule has 1 aliphatic rings. The van der Waals surface area contributed by atoms with Gasteiger partial charge in [-0.2, -0.15) is 0 Å². The van der Waals surface area contributed by atoms with Crippen LogP contribution in [0.25, 0.3) is 17.1 Å². The molecule has 1 aliphatic carbocycles. The van der Waals surface area contributed by atoms with Crippen LogP contribution in [0.4, 0.5) is 0 Å². The molecule has 2 aromatic carbocycles. The fraction of sp³-hybridized carbons (Fsp3) is 0.250. The zero-order valence-corrected chi connectivity index (χ0v) is 13.5. The molecule has 0 saturated heterocycles. The van der Waals surface area contributed by atoms with Gasteiger partial charge in [-0.05, 0) is 54.7 Å². The van der Waals surface area contributed by atoms with E-state index in [9.17, 15) is 0 Å². The number of rotatable bonds is 5. The van der Waals surface area contributed by atoms with Crippen LogP contribution in [0.3, 0.4) is 0 Å². The first-order valence-corrected chi connectivity index (χ1v) is 8.35. The monoisotopic (exact) mass is 320 g/mol. The Morgan fingerprint density at radius 3 is 2.88 bits per heavy atom. The minimum Gasteiger partial charge on any atom is -0.490 e. The summed E-state index contributed by atoms with van der Waals surface area (Å²) in [6, 6.07) is 14.5. The molecule has 0 fully saturated rings. The van der Waals surface area contributed by atoms with Gasteiger partial charge in [0.1, 0.15) is 18.2 Å². The van der Waals surface area contributed by atoms with Crippen LogP contribution in [0.2, 0.25) is 0 Å². The van der Waals surface area contributed by atoms with Crippen molar-refractivity contribution in [2.45, 2.75) is 19.3 Å². The molecule has 122 valence electrons. The molecule has 1 heterocycles. The van der Waals surface area contributed by atoms with Gasteiger partial charge in [0.25, 0.3) is 0 Å². The number of para-hydroxylation sites is 1. The van der Waals surface area contributed by atoms with Crippen LogP contribution < -0.4 is 4.74 Å². The number of hydrogen-bond donors (Lipinski definition) is 1. The number of imidazole rings is 1. The summed E-state index contributed by atoms with van der Waals surface area (Å²) >= 11 is 0. The number of aryl methyl sites for hydroxylation is 2. The Morgan fingerprint density at radius 1 is 1.08 bits per heavy atom. The van der Waals surface area contributed by atoms with Crippen LogP contribution >= 0.6 is 0 Å². The first kappa shape index (κ1) is 15.0. The number of ether oxygens (including phenoxy) is 1. The lowest BCUT2D eigenvalue weighted by atomic mass is 10.1. The second-order valence-electron chi connectivity index (χ2n) is 6.00. The van der Waals surface area contributed by atoms with Crippen molar-refractivity contribution in [1.29, 1.82) is 0 Å². The highest BCUT2D eigenvalue weighted by Crippen LogP contribution is 2.31. The number of aliphatic hydroxyl groups is 1. The van der Waals surface area contributed by atoms with E-state index in [2.05, 4.69) is 27.8 Å². The molecule has 0 atom stereocenters. The summed E-state index contributed by atoms with van der Waals surface area (Å²) in [4.78, 5) is 4.55. The van der Waals surface area contributed by atoms with E-state index in [1.807, 2.05) is 36.7 Å². The molecule has 0 bridgehead atoms. The van der Waals surface area contributed by atoms with Crippen molar-refractivity contribution in [3.05, 3.63) is 66.0 Å². The number of aromatic nitrogens is 2. The maximum Gasteiger partial charge on any atom is 0.148 e. The zero-order valence-electron chi connectivity index (χ0n) is 13.5. The maximum atomic E-state index is 9.03. The van der Waals surface area contributed by atoms with Crippen molar-refractivity contribution in [3.8, 4) is 22.8 Å². The zero-order chi connectivity index (χ0) is 16.4. The van der Waals surface area contributed by atoms with Gasteiger partial charge in [-0.3, -0.25) is 4.57 Å². The minimum absolute atomic E-state index is 0.00635. The van der Waals surface area contributed by atoms with Gasteiger partial charge in [0.2, 0.25) is 0 Å². The van der Waals surface area contributed by atoms with Crippen LogP contribution in [-0.4, -0.2) is 27.9 Å². The molecule has 0 radical (unpaired) electrons. The van der Waals surface area contributed by atoms with Crippen LogP contribution in [0.1, 0.15) is 17.5 Å². The third kappa shape index (κ3) is 2.69. The Bertz CT molecular complexity index is 854. The summed E-state index contributed by atoms with van der Waals surface area (Å²) in [5.74, 6) is 1.58. The number of hydrogen-bond acceptors (Lipinski definition) is 3. The Labute approximate surface area is 141 Å². The fourth-order valence-corrected chi connectivity index (χ4v) is 3.35. The fourth-order valence-electron chi connectivity index (χ4n) is 3.35. The molecule has 0 amide bonds. The van der Waals surface area contributed by atoms with Crippen LogP contribution in [0.5, 0.6) is 5.75 Å². The van der Waals surface area contributed by atoms with E-state index in [4.69, 9.17) is 9.84 Å². The second kappa shape index (κ2) is 6.49. The van der Waals surface area contributed by atoms with Crippen molar-refractivity contribution >= 4 is 0 Å². The van der Waals surface area contributed by atoms with Gasteiger partial charge in [0.05, 0.1) is 12.2 Å². The third-order valence-corrected chi connectivity index (χ3v) is 4.48. The van der Waals surface area contributed by atoms with Crippen molar-refractivity contribution in [1.82, 2.24) is 9.55 Å². The van der Waals surface area contributed by atoms with Gasteiger partial charge in [0, 0.05) is 18.1 Å². The third-order valence-electron chi connectivity index (χ3n) is 4.48. The molecule has 4 rings (SSSR count). The molecular formula is C20H20N2O2. The summed E-state index contributed by atoms with van der Waals surface area (Å²) in [6.07, 6.45) is 7.38. The van der Waals surface area contributed by atoms with Gasteiger partial charge in [0.15, 0.2) is 0 Å². The van der Waals surface area contributed by atoms with E-state index in [-0.39, 0.29) is 13.2 Å². The van der Waals surface area contributed by atoms with Crippen LogP contribution in [0, 0.1) is 0 Å². The number of fused-ring (bicyclic) bond motifs is 1. The van der Waals surface area contributed by atoms with Crippen molar-refractivity contribution in [3.63, 3.8) is 0 Å². The molecule has 0 spiro atoms. The normalized spacial score (nSPS) is 13.0. The lowest BCUT2D eigenvalue weighted by Crippen LogP contribution is -2.04. The van der Waals surface area contributed by atoms with Crippen LogP contribution in [-0.2, 0) is 12.8 Å². The molecule has 4 heteroatoms. The van der Waals surface area contributed by atoms with E-state index in [1.54, 1.807) is 0 Å². The van der Waals surface area contributed by atoms with E-state index in [1.165, 1.54) is 24.0 Å². The predicted molar refractivity (Wildman–Crippen MR) is 93.6 cm³/mol. The summed E-state index contributed by atoms with van der Waals surface area (Å²) in [7, 11) is 0. The summed E-state index contributed by atoms with van der Waals surface area (Å²) in [5, 5.41) is 9.03. The molecule has 4 nitrogen and oxygen atoms in total. The van der Waals surface area contributed by atoms with Crippen molar-refractivity contribution in [2.24, 2.45) is 0 Å². The first-order chi connectivity index (χ1) is 11.9. The SMILES string of the molecule is OCCOc1ccccc1-c1nccn1-c1ccc2c(c1)CCC2. The Hall–Kier alpha value is -2.59. The predicted octanol–water partition coefficient (Wildman–Crippen LogP) is 3.40. The molecule has 1 N–H and O–H groups in total. The average Bonchev–Trinajstić information content (AvgIpc) is 3.28. The molecule has 1 aromatic heterocycles. The summed E-state index contributed by atoms with van der Waals surface area (Å²) < 4.78 is 7.77. The molecule has 24 heavy (non-hydrogen) atoms. The standard InChI is InChI=1S/C20H20N2O2/c23-12-13-24-19-7-2-1-6-18(19)20-21-10-11-22(20)17-9-8-15-4-3-5-16(15)14-17/h1-2,6-11,14,23H,3-5,12-13H2. The maximum absolute atomic E-state index is 9.03. The first-order valence-electron chi connectivity index (χ1n) is 8.35. The van der Waals surface area contributed by atoms with Crippen molar-refractivity contribution < 1.29 is 9.84 Å². The molecule has 3 aromatic rings. The molecule has 0 unspecified atom stereocenters. The minimum atomic E-state index is -0.00635. The number of benzene rings is 2. The van der Waals surface area contributed by atoms with Crippen LogP contribution in [0.15, 0.2) is 54.9 Å². The topological polar surface area (TPSA) is 47.3 Å². The van der Waals surface area contributed by atoms with E-state index < -0.39 is 0 Å². The highest BCUT2D eigenvalue weighted by atomic mass is 16.5. The van der Waals surface area contributed by atoms with E-state index in [0.717, 1.165) is 29.2 Å². The smallest absolute Gasteiger partial charge is 0.148 e.